The van der Waals surface area contributed by atoms with E-state index in [0.717, 1.165) is 17.4 Å². The zero-order valence-electron chi connectivity index (χ0n) is 12.8. The Balaban J connectivity index is 1.52. The van der Waals surface area contributed by atoms with Crippen LogP contribution in [0.2, 0.25) is 0 Å². The van der Waals surface area contributed by atoms with Gasteiger partial charge in [0.2, 0.25) is 5.91 Å². The fraction of sp³-hybridized carbons (Fsp3) is 0.588. The molecule has 2 aliphatic carbocycles. The molecule has 2 aliphatic rings. The zero-order valence-corrected chi connectivity index (χ0v) is 12.8. The normalized spacial score (nSPS) is 27.6. The molecule has 0 heterocycles. The summed E-state index contributed by atoms with van der Waals surface area (Å²) in [7, 11) is 0. The average molecular weight is 302 g/mol. The molecule has 2 bridgehead atoms. The van der Waals surface area contributed by atoms with Gasteiger partial charge in [-0.3, -0.25) is 14.9 Å². The molecule has 1 amide bonds. The minimum Gasteiger partial charge on any atom is -0.353 e. The number of rotatable bonds is 5. The van der Waals surface area contributed by atoms with Crippen molar-refractivity contribution in [3.8, 4) is 0 Å². The van der Waals surface area contributed by atoms with Crippen LogP contribution in [0, 0.1) is 27.9 Å². The number of nitrogens with one attached hydrogen (secondary N) is 1. The molecular formula is C17H22N2O3. The lowest BCUT2D eigenvalue weighted by atomic mass is 9.84. The molecule has 2 saturated carbocycles. The Morgan fingerprint density at radius 1 is 1.32 bits per heavy atom. The standard InChI is InChI=1S/C17H22N2O3/c1-11(16-9-13-2-5-14(16)8-13)18-17(20)10-12-3-6-15(7-4-12)19(21)22/h3-4,6-7,11,13-14,16H,2,5,8-10H2,1H3,(H,18,20)/t11-,13-,14-,16-/m0/s1. The van der Waals surface area contributed by atoms with Crippen molar-refractivity contribution in [2.45, 2.75) is 45.1 Å². The van der Waals surface area contributed by atoms with Crippen molar-refractivity contribution >= 4 is 11.6 Å². The van der Waals surface area contributed by atoms with E-state index >= 15 is 0 Å². The molecule has 5 heteroatoms. The van der Waals surface area contributed by atoms with Gasteiger partial charge in [-0.1, -0.05) is 18.6 Å². The van der Waals surface area contributed by atoms with E-state index in [2.05, 4.69) is 12.2 Å². The van der Waals surface area contributed by atoms with Gasteiger partial charge in [-0.15, -0.1) is 0 Å². The highest BCUT2D eigenvalue weighted by molar-refractivity contribution is 5.78. The molecule has 1 aromatic carbocycles. The number of amides is 1. The van der Waals surface area contributed by atoms with Crippen molar-refractivity contribution in [1.82, 2.24) is 5.32 Å². The summed E-state index contributed by atoms with van der Waals surface area (Å²) < 4.78 is 0. The highest BCUT2D eigenvalue weighted by atomic mass is 16.6. The van der Waals surface area contributed by atoms with Crippen molar-refractivity contribution in [3.63, 3.8) is 0 Å². The number of hydrogen-bond acceptors (Lipinski definition) is 3. The molecule has 0 saturated heterocycles. The lowest BCUT2D eigenvalue weighted by Gasteiger charge is -2.28. The van der Waals surface area contributed by atoms with Crippen molar-refractivity contribution < 1.29 is 9.72 Å². The van der Waals surface area contributed by atoms with E-state index in [1.54, 1.807) is 12.1 Å². The molecule has 5 nitrogen and oxygen atoms in total. The molecule has 0 spiro atoms. The SMILES string of the molecule is C[C@H](NC(=O)Cc1ccc([N+](=O)[O-])cc1)[C@@H]1C[C@H]2CC[C@H]1C2. The van der Waals surface area contributed by atoms with Crippen molar-refractivity contribution in [2.24, 2.45) is 17.8 Å². The number of carbonyl (C=O) groups is 1. The van der Waals surface area contributed by atoms with Gasteiger partial charge in [0.25, 0.3) is 5.69 Å². The predicted molar refractivity (Wildman–Crippen MR) is 83.3 cm³/mol. The summed E-state index contributed by atoms with van der Waals surface area (Å²) in [6.45, 7) is 2.11. The lowest BCUT2D eigenvalue weighted by molar-refractivity contribution is -0.384. The molecule has 0 unspecified atom stereocenters. The van der Waals surface area contributed by atoms with Crippen molar-refractivity contribution in [2.75, 3.05) is 0 Å². The monoisotopic (exact) mass is 302 g/mol. The molecule has 0 radical (unpaired) electrons. The molecule has 0 aliphatic heterocycles. The van der Waals surface area contributed by atoms with Crippen LogP contribution in [0.15, 0.2) is 24.3 Å². The molecule has 1 aromatic rings. The summed E-state index contributed by atoms with van der Waals surface area (Å²) in [5.74, 6) is 2.30. The predicted octanol–water partition coefficient (Wildman–Crippen LogP) is 3.08. The first-order valence-electron chi connectivity index (χ1n) is 8.05. The maximum absolute atomic E-state index is 12.2. The second kappa shape index (κ2) is 6.07. The highest BCUT2D eigenvalue weighted by Crippen LogP contribution is 2.49. The maximum Gasteiger partial charge on any atom is 0.269 e. The molecule has 1 N–H and O–H groups in total. The summed E-state index contributed by atoms with van der Waals surface area (Å²) in [5.41, 5.74) is 0.864. The molecular weight excluding hydrogens is 280 g/mol. The number of fused-ring (bicyclic) bond motifs is 2. The van der Waals surface area contributed by atoms with Gasteiger partial charge >= 0.3 is 0 Å². The quantitative estimate of drug-likeness (QED) is 0.671. The number of non-ortho nitro benzene ring substituents is 1. The van der Waals surface area contributed by atoms with E-state index in [1.807, 2.05) is 0 Å². The molecule has 3 rings (SSSR count). The van der Waals surface area contributed by atoms with Crippen LogP contribution >= 0.6 is 0 Å². The largest absolute Gasteiger partial charge is 0.353 e. The fourth-order valence-corrected chi connectivity index (χ4v) is 4.24. The Labute approximate surface area is 130 Å². The zero-order chi connectivity index (χ0) is 15.7. The Morgan fingerprint density at radius 3 is 2.59 bits per heavy atom. The Hall–Kier alpha value is -1.91. The minimum absolute atomic E-state index is 0.00382. The summed E-state index contributed by atoms with van der Waals surface area (Å²) in [4.78, 5) is 22.3. The molecule has 118 valence electrons. The van der Waals surface area contributed by atoms with Crippen LogP contribution in [-0.4, -0.2) is 16.9 Å². The van der Waals surface area contributed by atoms with Crippen LogP contribution in [0.3, 0.4) is 0 Å². The third kappa shape index (κ3) is 3.13. The van der Waals surface area contributed by atoms with Gasteiger partial charge in [0.15, 0.2) is 0 Å². The Kier molecular flexibility index (Phi) is 4.14. The average Bonchev–Trinajstić information content (AvgIpc) is 3.10. The Bertz CT molecular complexity index is 570. The number of carbonyl (C=O) groups excluding carboxylic acids is 1. The third-order valence-corrected chi connectivity index (χ3v) is 5.34. The number of nitro benzene ring substituents is 1. The van der Waals surface area contributed by atoms with Crippen LogP contribution in [-0.2, 0) is 11.2 Å². The van der Waals surface area contributed by atoms with E-state index in [-0.39, 0.29) is 24.1 Å². The lowest BCUT2D eigenvalue weighted by Crippen LogP contribution is -2.40. The summed E-state index contributed by atoms with van der Waals surface area (Å²) >= 11 is 0. The second-order valence-corrected chi connectivity index (χ2v) is 6.80. The number of nitro groups is 1. The van der Waals surface area contributed by atoms with Gasteiger partial charge in [-0.25, -0.2) is 0 Å². The molecule has 0 aromatic heterocycles. The molecule has 22 heavy (non-hydrogen) atoms. The van der Waals surface area contributed by atoms with E-state index in [9.17, 15) is 14.9 Å². The first-order chi connectivity index (χ1) is 10.5. The summed E-state index contributed by atoms with van der Waals surface area (Å²) in [5, 5.41) is 13.7. The summed E-state index contributed by atoms with van der Waals surface area (Å²) in [6.07, 6.45) is 5.56. The van der Waals surface area contributed by atoms with Gasteiger partial charge < -0.3 is 5.32 Å². The van der Waals surface area contributed by atoms with Crippen molar-refractivity contribution in [3.05, 3.63) is 39.9 Å². The van der Waals surface area contributed by atoms with Gasteiger partial charge in [0.1, 0.15) is 0 Å². The maximum atomic E-state index is 12.2. The first kappa shape index (κ1) is 15.0. The van der Waals surface area contributed by atoms with E-state index < -0.39 is 4.92 Å². The Morgan fingerprint density at radius 2 is 2.05 bits per heavy atom. The smallest absolute Gasteiger partial charge is 0.269 e. The van der Waals surface area contributed by atoms with Crippen LogP contribution in [0.5, 0.6) is 0 Å². The van der Waals surface area contributed by atoms with Gasteiger partial charge in [-0.2, -0.15) is 0 Å². The van der Waals surface area contributed by atoms with E-state index in [4.69, 9.17) is 0 Å². The van der Waals surface area contributed by atoms with E-state index in [0.29, 0.717) is 5.92 Å². The third-order valence-electron chi connectivity index (χ3n) is 5.34. The number of nitrogens with zero attached hydrogens (tertiary/aromatic N) is 1. The van der Waals surface area contributed by atoms with Crippen LogP contribution in [0.25, 0.3) is 0 Å². The highest BCUT2D eigenvalue weighted by Gasteiger charge is 2.42. The van der Waals surface area contributed by atoms with Crippen LogP contribution in [0.4, 0.5) is 5.69 Å². The fourth-order valence-electron chi connectivity index (χ4n) is 4.24. The van der Waals surface area contributed by atoms with Crippen molar-refractivity contribution in [1.29, 1.82) is 0 Å². The molecule has 2 fully saturated rings. The number of benzene rings is 1. The molecule has 4 atom stereocenters. The van der Waals surface area contributed by atoms with Gasteiger partial charge in [-0.05, 0) is 49.5 Å². The van der Waals surface area contributed by atoms with Gasteiger partial charge in [0.05, 0.1) is 11.3 Å². The van der Waals surface area contributed by atoms with Gasteiger partial charge in [0, 0.05) is 18.2 Å². The summed E-state index contributed by atoms with van der Waals surface area (Å²) in [6, 6.07) is 6.42. The van der Waals surface area contributed by atoms with E-state index in [1.165, 1.54) is 37.8 Å². The number of hydrogen-bond donors (Lipinski definition) is 1. The minimum atomic E-state index is -0.430. The topological polar surface area (TPSA) is 72.2 Å². The second-order valence-electron chi connectivity index (χ2n) is 6.80. The van der Waals surface area contributed by atoms with Crippen LogP contribution in [0.1, 0.15) is 38.2 Å². The first-order valence-corrected chi connectivity index (χ1v) is 8.05. The van der Waals surface area contributed by atoms with Crippen LogP contribution < -0.4 is 5.32 Å².